The molecule has 1 aliphatic heterocycles. The summed E-state index contributed by atoms with van der Waals surface area (Å²) in [4.78, 5) is 6.32. The lowest BCUT2D eigenvalue weighted by Crippen LogP contribution is -2.42. The molecule has 0 fully saturated rings. The fraction of sp³-hybridized carbons (Fsp3) is 0.375. The zero-order valence-electron chi connectivity index (χ0n) is 23.7. The van der Waals surface area contributed by atoms with Crippen LogP contribution >= 0.6 is 0 Å². The highest BCUT2D eigenvalue weighted by atomic mass is 16.3. The maximum absolute atomic E-state index is 13.5. The molecule has 2 aliphatic rings. The minimum atomic E-state index is -1.67. The Hall–Kier alpha value is -3.72. The Balaban J connectivity index is 2.09. The van der Waals surface area contributed by atoms with E-state index in [1.165, 1.54) is 0 Å². The molecule has 2 aromatic carbocycles. The number of benzene rings is 3. The number of rotatable bonds is 11. The van der Waals surface area contributed by atoms with Gasteiger partial charge in [-0.15, -0.1) is 0 Å². The second kappa shape index (κ2) is 12.6. The van der Waals surface area contributed by atoms with E-state index in [-0.39, 0.29) is 0 Å². The molecular formula is C32H39N3O5. The topological polar surface area (TPSA) is 116 Å². The van der Waals surface area contributed by atoms with Crippen molar-refractivity contribution in [3.05, 3.63) is 71.6 Å². The first kappa shape index (κ1) is 29.3. The number of anilines is 1. The molecule has 8 heteroatoms. The first-order valence-corrected chi connectivity index (χ1v) is 13.9. The maximum Gasteiger partial charge on any atom is 0.203 e. The molecule has 0 unspecified atom stereocenters. The van der Waals surface area contributed by atoms with E-state index in [0.29, 0.717) is 22.5 Å². The minimum Gasteiger partial charge on any atom is -0.858 e. The molecule has 0 bridgehead atoms. The Bertz CT molecular complexity index is 1520. The monoisotopic (exact) mass is 545 g/mol. The van der Waals surface area contributed by atoms with Gasteiger partial charge in [0.25, 0.3) is 0 Å². The third kappa shape index (κ3) is 5.47. The van der Waals surface area contributed by atoms with Gasteiger partial charge in [0.05, 0.1) is 25.9 Å². The van der Waals surface area contributed by atoms with Crippen LogP contribution in [0.3, 0.4) is 0 Å². The largest absolute Gasteiger partial charge is 0.858 e. The zero-order valence-corrected chi connectivity index (χ0v) is 23.7. The average molecular weight is 546 g/mol. The molecule has 0 saturated carbocycles. The van der Waals surface area contributed by atoms with Crippen LogP contribution in [-0.2, 0) is 0 Å². The molecule has 8 nitrogen and oxygen atoms in total. The van der Waals surface area contributed by atoms with E-state index in [0.717, 1.165) is 53.7 Å². The summed E-state index contributed by atoms with van der Waals surface area (Å²) >= 11 is 0. The van der Waals surface area contributed by atoms with Gasteiger partial charge in [-0.05, 0) is 62.9 Å². The molecule has 40 heavy (non-hydrogen) atoms. The molecule has 212 valence electrons. The van der Waals surface area contributed by atoms with Crippen molar-refractivity contribution in [3.8, 4) is 22.5 Å². The van der Waals surface area contributed by atoms with Gasteiger partial charge in [-0.2, -0.15) is 0 Å². The normalized spacial score (nSPS) is 12.3. The average Bonchev–Trinajstić information content (AvgIpc) is 2.99. The van der Waals surface area contributed by atoms with Gasteiger partial charge >= 0.3 is 0 Å². The first-order valence-electron chi connectivity index (χ1n) is 13.9. The van der Waals surface area contributed by atoms with E-state index in [9.17, 15) is 20.4 Å². The van der Waals surface area contributed by atoms with Gasteiger partial charge in [0, 0.05) is 47.4 Å². The Morgan fingerprint density at radius 1 is 0.875 bits per heavy atom. The third-order valence-corrected chi connectivity index (χ3v) is 7.59. The van der Waals surface area contributed by atoms with Crippen molar-refractivity contribution in [3.63, 3.8) is 0 Å². The second-order valence-electron chi connectivity index (χ2n) is 9.84. The van der Waals surface area contributed by atoms with Crippen molar-refractivity contribution in [1.82, 2.24) is 4.58 Å². The molecule has 0 saturated heterocycles. The van der Waals surface area contributed by atoms with E-state index in [2.05, 4.69) is 54.3 Å². The Labute approximate surface area is 235 Å². The molecule has 0 amide bonds. The molecule has 2 aromatic rings. The fourth-order valence-electron chi connectivity index (χ4n) is 5.15. The first-order chi connectivity index (χ1) is 19.4. The molecule has 1 aliphatic carbocycles. The Morgan fingerprint density at radius 3 is 2.17 bits per heavy atom. The standard InChI is InChI=1S/C32H39N3O5/c1-5-34(6-2)22-13-15-26-28(17-22)40-29-18-23(35(7-3)8-4)14-16-27(29)30(26)24-11-9-10-12-25(24)31(39)33-32(19-36,20-37)21-38/h9-18,36-38H,5-8,19-21H2,1-4H3. The minimum absolute atomic E-state index is 0.302. The van der Waals surface area contributed by atoms with Crippen LogP contribution in [0.2, 0.25) is 0 Å². The van der Waals surface area contributed by atoms with Crippen LogP contribution < -0.4 is 19.9 Å². The molecular weight excluding hydrogens is 506 g/mol. The predicted molar refractivity (Wildman–Crippen MR) is 159 cm³/mol. The maximum atomic E-state index is 13.5. The van der Waals surface area contributed by atoms with E-state index in [1.54, 1.807) is 12.1 Å². The number of aliphatic hydroxyl groups is 3. The smallest absolute Gasteiger partial charge is 0.203 e. The quantitative estimate of drug-likeness (QED) is 0.116. The number of aliphatic imine (C=N–C) groups is 1. The van der Waals surface area contributed by atoms with Crippen molar-refractivity contribution in [1.29, 1.82) is 0 Å². The molecule has 3 N–H and O–H groups in total. The number of aliphatic hydroxyl groups excluding tert-OH is 3. The Morgan fingerprint density at radius 2 is 1.55 bits per heavy atom. The van der Waals surface area contributed by atoms with Crippen molar-refractivity contribution < 1.29 is 24.8 Å². The summed E-state index contributed by atoms with van der Waals surface area (Å²) in [7, 11) is 0. The SMILES string of the molecule is CCN(CC)c1ccc2c(-c3ccccc3C([O-])=NC(CO)(CO)CO)c3ccc(=[N+](CC)CC)cc-3oc2c1. The lowest BCUT2D eigenvalue weighted by Gasteiger charge is -2.27. The summed E-state index contributed by atoms with van der Waals surface area (Å²) in [6, 6.07) is 19.4. The highest BCUT2D eigenvalue weighted by molar-refractivity contribution is 6.08. The van der Waals surface area contributed by atoms with Gasteiger partial charge in [-0.25, -0.2) is 4.58 Å². The fourth-order valence-corrected chi connectivity index (χ4v) is 5.15. The van der Waals surface area contributed by atoms with Crippen molar-refractivity contribution >= 4 is 22.6 Å². The number of hydrogen-bond donors (Lipinski definition) is 3. The molecule has 0 radical (unpaired) electrons. The van der Waals surface area contributed by atoms with Crippen LogP contribution in [0.5, 0.6) is 0 Å². The van der Waals surface area contributed by atoms with Crippen LogP contribution in [0.25, 0.3) is 33.4 Å². The summed E-state index contributed by atoms with van der Waals surface area (Å²) in [6.45, 7) is 9.90. The summed E-state index contributed by atoms with van der Waals surface area (Å²) in [6.07, 6.45) is 0. The molecule has 0 atom stereocenters. The highest BCUT2D eigenvalue weighted by Crippen LogP contribution is 2.42. The lowest BCUT2D eigenvalue weighted by molar-refractivity contribution is -0.214. The number of fused-ring (bicyclic) bond motifs is 2. The van der Waals surface area contributed by atoms with Crippen molar-refractivity contribution in [2.45, 2.75) is 33.2 Å². The number of hydrogen-bond acceptors (Lipinski definition) is 7. The van der Waals surface area contributed by atoms with Crippen molar-refractivity contribution in [2.75, 3.05) is 50.9 Å². The predicted octanol–water partition coefficient (Wildman–Crippen LogP) is 2.69. The number of nitrogens with zero attached hydrogens (tertiary/aromatic N) is 3. The third-order valence-electron chi connectivity index (χ3n) is 7.59. The summed E-state index contributed by atoms with van der Waals surface area (Å²) in [5.41, 5.74) is 2.69. The van der Waals surface area contributed by atoms with Crippen LogP contribution in [0.15, 0.2) is 70.1 Å². The van der Waals surface area contributed by atoms with Gasteiger partial charge in [0.15, 0.2) is 0 Å². The molecule has 0 aromatic heterocycles. The molecule has 0 spiro atoms. The van der Waals surface area contributed by atoms with Crippen LogP contribution in [-0.4, -0.2) is 72.8 Å². The molecule has 4 rings (SSSR count). The van der Waals surface area contributed by atoms with Crippen LogP contribution in [0.4, 0.5) is 5.69 Å². The zero-order chi connectivity index (χ0) is 28.9. The summed E-state index contributed by atoms with van der Waals surface area (Å²) in [5, 5.41) is 44.7. The van der Waals surface area contributed by atoms with E-state index < -0.39 is 31.3 Å². The van der Waals surface area contributed by atoms with E-state index >= 15 is 0 Å². The van der Waals surface area contributed by atoms with E-state index in [1.807, 2.05) is 36.4 Å². The van der Waals surface area contributed by atoms with Crippen LogP contribution in [0.1, 0.15) is 33.3 Å². The van der Waals surface area contributed by atoms with Crippen molar-refractivity contribution in [2.24, 2.45) is 4.99 Å². The van der Waals surface area contributed by atoms with Crippen LogP contribution in [0, 0.1) is 0 Å². The molecule has 1 heterocycles. The van der Waals surface area contributed by atoms with E-state index in [4.69, 9.17) is 4.42 Å². The Kier molecular flexibility index (Phi) is 9.25. The van der Waals surface area contributed by atoms with Gasteiger partial charge in [-0.3, -0.25) is 4.99 Å². The summed E-state index contributed by atoms with van der Waals surface area (Å²) in [5.74, 6) is 0.0626. The lowest BCUT2D eigenvalue weighted by atomic mass is 9.90. The second-order valence-corrected chi connectivity index (χ2v) is 9.84. The van der Waals surface area contributed by atoms with Gasteiger partial charge in [0.2, 0.25) is 5.36 Å². The van der Waals surface area contributed by atoms with Gasteiger partial charge in [-0.1, -0.05) is 24.3 Å². The highest BCUT2D eigenvalue weighted by Gasteiger charge is 2.27. The van der Waals surface area contributed by atoms with Gasteiger partial charge in [0.1, 0.15) is 30.0 Å². The summed E-state index contributed by atoms with van der Waals surface area (Å²) < 4.78 is 8.79. The van der Waals surface area contributed by atoms with Gasteiger partial charge < -0.3 is 29.7 Å².